The largest absolute Gasteiger partial charge is 0.495 e. The van der Waals surface area contributed by atoms with E-state index in [1.807, 2.05) is 61.3 Å². The van der Waals surface area contributed by atoms with Gasteiger partial charge < -0.3 is 10.1 Å². The summed E-state index contributed by atoms with van der Waals surface area (Å²) in [4.78, 5) is 14.2. The zero-order chi connectivity index (χ0) is 16.8. The number of aryl methyl sites for hydroxylation is 1. The van der Waals surface area contributed by atoms with Crippen LogP contribution < -0.4 is 10.1 Å². The van der Waals surface area contributed by atoms with Gasteiger partial charge in [-0.25, -0.2) is 0 Å². The van der Waals surface area contributed by atoms with Gasteiger partial charge in [0.2, 0.25) is 5.91 Å². The van der Waals surface area contributed by atoms with Crippen molar-refractivity contribution in [2.24, 2.45) is 0 Å². The minimum Gasteiger partial charge on any atom is -0.495 e. The molecule has 2 aromatic rings. The third-order valence-electron chi connectivity index (χ3n) is 3.41. The van der Waals surface area contributed by atoms with E-state index in [1.54, 1.807) is 7.11 Å². The van der Waals surface area contributed by atoms with Crippen LogP contribution in [0.15, 0.2) is 42.5 Å². The Morgan fingerprint density at radius 2 is 1.91 bits per heavy atom. The van der Waals surface area contributed by atoms with Crippen LogP contribution in [0.3, 0.4) is 0 Å². The monoisotopic (exact) mass is 332 g/mol. The van der Waals surface area contributed by atoms with Crippen molar-refractivity contribution in [2.75, 3.05) is 26.0 Å². The molecule has 0 fully saturated rings. The van der Waals surface area contributed by atoms with Crippen LogP contribution in [0.2, 0.25) is 5.02 Å². The lowest BCUT2D eigenvalue weighted by molar-refractivity contribution is -0.117. The third kappa shape index (κ3) is 5.27. The van der Waals surface area contributed by atoms with Gasteiger partial charge in [-0.1, -0.05) is 29.8 Å². The summed E-state index contributed by atoms with van der Waals surface area (Å²) >= 11 is 5.87. The number of amides is 1. The van der Waals surface area contributed by atoms with Crippen molar-refractivity contribution in [1.82, 2.24) is 4.90 Å². The van der Waals surface area contributed by atoms with Crippen LogP contribution in [0.4, 0.5) is 5.69 Å². The van der Waals surface area contributed by atoms with E-state index in [2.05, 4.69) is 5.32 Å². The summed E-state index contributed by atoms with van der Waals surface area (Å²) in [5, 5.41) is 3.61. The fraction of sp³-hybridized carbons (Fsp3) is 0.278. The molecule has 0 unspecified atom stereocenters. The molecular formula is C18H21ClN2O2. The molecule has 0 bridgehead atoms. The van der Waals surface area contributed by atoms with E-state index in [1.165, 1.54) is 0 Å². The molecule has 0 aromatic heterocycles. The lowest BCUT2D eigenvalue weighted by Gasteiger charge is -2.17. The predicted octanol–water partition coefficient (Wildman–Crippen LogP) is 3.73. The lowest BCUT2D eigenvalue weighted by Crippen LogP contribution is -2.30. The third-order valence-corrected chi connectivity index (χ3v) is 3.66. The molecule has 1 N–H and O–H groups in total. The van der Waals surface area contributed by atoms with E-state index in [4.69, 9.17) is 16.3 Å². The van der Waals surface area contributed by atoms with Crippen molar-refractivity contribution < 1.29 is 9.53 Å². The highest BCUT2D eigenvalue weighted by Crippen LogP contribution is 2.25. The van der Waals surface area contributed by atoms with Crippen LogP contribution in [0.1, 0.15) is 11.1 Å². The molecule has 23 heavy (non-hydrogen) atoms. The Labute approximate surface area is 142 Å². The normalized spacial score (nSPS) is 10.7. The van der Waals surface area contributed by atoms with Gasteiger partial charge in [0.05, 0.1) is 19.3 Å². The molecule has 2 aromatic carbocycles. The maximum absolute atomic E-state index is 12.2. The minimum atomic E-state index is -0.0784. The van der Waals surface area contributed by atoms with Crippen molar-refractivity contribution in [3.05, 3.63) is 58.6 Å². The van der Waals surface area contributed by atoms with Crippen LogP contribution in [0.25, 0.3) is 0 Å². The molecule has 0 saturated heterocycles. The fourth-order valence-corrected chi connectivity index (χ4v) is 2.44. The molecule has 122 valence electrons. The van der Waals surface area contributed by atoms with Crippen LogP contribution in [-0.2, 0) is 11.3 Å². The number of methoxy groups -OCH3 is 1. The van der Waals surface area contributed by atoms with Gasteiger partial charge in [0.15, 0.2) is 0 Å². The summed E-state index contributed by atoms with van der Waals surface area (Å²) in [5.74, 6) is 0.578. The Kier molecular flexibility index (Phi) is 6.02. The first-order valence-electron chi connectivity index (χ1n) is 7.35. The number of ether oxygens (including phenoxy) is 1. The minimum absolute atomic E-state index is 0.0784. The van der Waals surface area contributed by atoms with E-state index < -0.39 is 0 Å². The van der Waals surface area contributed by atoms with Crippen molar-refractivity contribution >= 4 is 23.2 Å². The van der Waals surface area contributed by atoms with Gasteiger partial charge >= 0.3 is 0 Å². The molecular weight excluding hydrogens is 312 g/mol. The first kappa shape index (κ1) is 17.3. The maximum Gasteiger partial charge on any atom is 0.238 e. The summed E-state index contributed by atoms with van der Waals surface area (Å²) in [6.45, 7) is 2.94. The molecule has 0 aliphatic rings. The maximum atomic E-state index is 12.2. The molecule has 0 aliphatic carbocycles. The molecule has 0 saturated carbocycles. The molecule has 1 amide bonds. The molecule has 0 radical (unpaired) electrons. The molecule has 0 heterocycles. The molecule has 5 heteroatoms. The number of likely N-dealkylation sites (N-methyl/N-ethyl adjacent to an activating group) is 1. The highest BCUT2D eigenvalue weighted by atomic mass is 35.5. The van der Waals surface area contributed by atoms with Crippen LogP contribution in [0.5, 0.6) is 5.75 Å². The van der Waals surface area contributed by atoms with Gasteiger partial charge in [-0.3, -0.25) is 9.69 Å². The second kappa shape index (κ2) is 7.99. The van der Waals surface area contributed by atoms with Crippen LogP contribution in [0, 0.1) is 6.92 Å². The summed E-state index contributed by atoms with van der Waals surface area (Å²) in [6.07, 6.45) is 0. The number of carbonyl (C=O) groups excluding carboxylic acids is 1. The zero-order valence-corrected chi connectivity index (χ0v) is 14.4. The average molecular weight is 333 g/mol. The molecule has 0 atom stereocenters. The number of halogens is 1. The summed E-state index contributed by atoms with van der Waals surface area (Å²) in [6, 6.07) is 13.3. The number of hydrogen-bond donors (Lipinski definition) is 1. The first-order chi connectivity index (χ1) is 11.0. The van der Waals surface area contributed by atoms with Gasteiger partial charge in [0.1, 0.15) is 5.75 Å². The SMILES string of the molecule is COc1ccc(C)cc1NC(=O)CN(C)Cc1ccc(Cl)cc1. The predicted molar refractivity (Wildman–Crippen MR) is 94.1 cm³/mol. The highest BCUT2D eigenvalue weighted by Gasteiger charge is 2.10. The number of nitrogens with one attached hydrogen (secondary N) is 1. The zero-order valence-electron chi connectivity index (χ0n) is 13.6. The smallest absolute Gasteiger partial charge is 0.238 e. The standard InChI is InChI=1S/C18H21ClN2O2/c1-13-4-9-17(23-3)16(10-13)20-18(22)12-21(2)11-14-5-7-15(19)8-6-14/h4-10H,11-12H2,1-3H3,(H,20,22). The Morgan fingerprint density at radius 1 is 1.22 bits per heavy atom. The number of hydrogen-bond acceptors (Lipinski definition) is 3. The Balaban J connectivity index is 1.94. The van der Waals surface area contributed by atoms with Gasteiger partial charge in [0.25, 0.3) is 0 Å². The van der Waals surface area contributed by atoms with E-state index in [0.717, 1.165) is 11.1 Å². The van der Waals surface area contributed by atoms with E-state index in [-0.39, 0.29) is 5.91 Å². The Hall–Kier alpha value is -2.04. The summed E-state index contributed by atoms with van der Waals surface area (Å²) < 4.78 is 5.27. The quantitative estimate of drug-likeness (QED) is 0.876. The van der Waals surface area contributed by atoms with Gasteiger partial charge in [-0.05, 0) is 49.4 Å². The van der Waals surface area contributed by atoms with Crippen molar-refractivity contribution in [3.8, 4) is 5.75 Å². The Morgan fingerprint density at radius 3 is 2.57 bits per heavy atom. The number of anilines is 1. The van der Waals surface area contributed by atoms with Gasteiger partial charge in [-0.2, -0.15) is 0 Å². The van der Waals surface area contributed by atoms with E-state index in [9.17, 15) is 4.79 Å². The van der Waals surface area contributed by atoms with E-state index in [0.29, 0.717) is 29.5 Å². The summed E-state index contributed by atoms with van der Waals surface area (Å²) in [7, 11) is 3.49. The number of carbonyl (C=O) groups is 1. The van der Waals surface area contributed by atoms with Gasteiger partial charge in [0, 0.05) is 11.6 Å². The lowest BCUT2D eigenvalue weighted by atomic mass is 10.2. The molecule has 0 spiro atoms. The number of benzene rings is 2. The fourth-order valence-electron chi connectivity index (χ4n) is 2.31. The summed E-state index contributed by atoms with van der Waals surface area (Å²) in [5.41, 5.74) is 2.87. The van der Waals surface area contributed by atoms with Crippen molar-refractivity contribution in [2.45, 2.75) is 13.5 Å². The van der Waals surface area contributed by atoms with Crippen molar-refractivity contribution in [1.29, 1.82) is 0 Å². The second-order valence-electron chi connectivity index (χ2n) is 5.55. The second-order valence-corrected chi connectivity index (χ2v) is 5.99. The van der Waals surface area contributed by atoms with Gasteiger partial charge in [-0.15, -0.1) is 0 Å². The van der Waals surface area contributed by atoms with Crippen LogP contribution in [-0.4, -0.2) is 31.5 Å². The number of nitrogens with zero attached hydrogens (tertiary/aromatic N) is 1. The highest BCUT2D eigenvalue weighted by molar-refractivity contribution is 6.30. The number of rotatable bonds is 6. The molecule has 4 nitrogen and oxygen atoms in total. The molecule has 2 rings (SSSR count). The average Bonchev–Trinajstić information content (AvgIpc) is 2.49. The molecule has 0 aliphatic heterocycles. The first-order valence-corrected chi connectivity index (χ1v) is 7.73. The van der Waals surface area contributed by atoms with E-state index >= 15 is 0 Å². The van der Waals surface area contributed by atoms with Crippen LogP contribution >= 0.6 is 11.6 Å². The Bertz CT molecular complexity index is 671. The topological polar surface area (TPSA) is 41.6 Å². The van der Waals surface area contributed by atoms with Crippen molar-refractivity contribution in [3.63, 3.8) is 0 Å².